The number of thioether (sulfide) groups is 1. The summed E-state index contributed by atoms with van der Waals surface area (Å²) in [6.45, 7) is 4.08. The second kappa shape index (κ2) is 10.8. The molecule has 0 saturated carbocycles. The fraction of sp³-hybridized carbons (Fsp3) is 0.222. The minimum absolute atomic E-state index is 0.289. The van der Waals surface area contributed by atoms with Crippen molar-refractivity contribution >= 4 is 21.8 Å². The van der Waals surface area contributed by atoms with Crippen LogP contribution >= 0.6 is 11.8 Å². The van der Waals surface area contributed by atoms with E-state index >= 15 is 0 Å². The van der Waals surface area contributed by atoms with Crippen molar-refractivity contribution < 1.29 is 26.7 Å². The number of hydrogen-bond donors (Lipinski definition) is 1. The lowest BCUT2D eigenvalue weighted by atomic mass is 9.81. The molecule has 0 spiro atoms. The maximum absolute atomic E-state index is 14.0. The van der Waals surface area contributed by atoms with Gasteiger partial charge in [0.15, 0.2) is 16.7 Å². The van der Waals surface area contributed by atoms with Crippen LogP contribution in [0, 0.1) is 11.6 Å². The average molecular weight is 560 g/mol. The second-order valence-electron chi connectivity index (χ2n) is 9.03. The lowest BCUT2D eigenvalue weighted by Gasteiger charge is -2.28. The van der Waals surface area contributed by atoms with Gasteiger partial charge in [-0.3, -0.25) is 4.57 Å². The van der Waals surface area contributed by atoms with E-state index in [0.29, 0.717) is 27.9 Å². The van der Waals surface area contributed by atoms with Crippen LogP contribution in [0.15, 0.2) is 76.9 Å². The molecule has 2 N–H and O–H groups in total. The SMILES string of the molecule is COc1ccc(C(C)(C)c2cnc(SCc3ccc(F)c(S(N)(=O)=O)c3)n2-c2ccc(F)cc2)cc1OC. The van der Waals surface area contributed by atoms with Crippen LogP contribution in [0.1, 0.15) is 30.7 Å². The Morgan fingerprint density at radius 3 is 2.29 bits per heavy atom. The van der Waals surface area contributed by atoms with Crippen LogP contribution in [0.25, 0.3) is 5.69 Å². The summed E-state index contributed by atoms with van der Waals surface area (Å²) in [5.74, 6) is 0.201. The van der Waals surface area contributed by atoms with E-state index < -0.39 is 26.2 Å². The fourth-order valence-corrected chi connectivity index (χ4v) is 5.68. The standard InChI is InChI=1S/C27H27F2N3O4S2/c1-27(2,18-6-12-22(35-3)23(14-18)36-4)25-15-31-26(32(25)20-9-7-19(28)8-10-20)37-16-17-5-11-21(29)24(13-17)38(30,33)34/h5-15H,16H2,1-4H3,(H2,30,33,34). The van der Waals surface area contributed by atoms with Gasteiger partial charge >= 0.3 is 0 Å². The van der Waals surface area contributed by atoms with Crippen LogP contribution in [0.3, 0.4) is 0 Å². The summed E-state index contributed by atoms with van der Waals surface area (Å²) in [4.78, 5) is 4.08. The third kappa shape index (κ3) is 5.54. The molecule has 0 radical (unpaired) electrons. The highest BCUT2D eigenvalue weighted by molar-refractivity contribution is 7.98. The summed E-state index contributed by atoms with van der Waals surface area (Å²) in [6.07, 6.45) is 1.75. The maximum Gasteiger partial charge on any atom is 0.240 e. The molecular formula is C27H27F2N3O4S2. The zero-order valence-corrected chi connectivity index (χ0v) is 22.9. The lowest BCUT2D eigenvalue weighted by molar-refractivity contribution is 0.353. The Hall–Kier alpha value is -3.41. The van der Waals surface area contributed by atoms with Crippen LogP contribution in [0.2, 0.25) is 0 Å². The Morgan fingerprint density at radius 1 is 0.974 bits per heavy atom. The van der Waals surface area contributed by atoms with Gasteiger partial charge in [-0.15, -0.1) is 0 Å². The number of primary sulfonamides is 1. The molecule has 4 rings (SSSR count). The number of nitrogens with zero attached hydrogens (tertiary/aromatic N) is 2. The quantitative estimate of drug-likeness (QED) is 0.275. The smallest absolute Gasteiger partial charge is 0.240 e. The number of methoxy groups -OCH3 is 2. The molecule has 0 aliphatic rings. The monoisotopic (exact) mass is 559 g/mol. The number of halogens is 2. The number of benzene rings is 3. The number of rotatable bonds is 9. The van der Waals surface area contributed by atoms with Gasteiger partial charge in [-0.25, -0.2) is 27.3 Å². The third-order valence-electron chi connectivity index (χ3n) is 6.23. The first kappa shape index (κ1) is 27.6. The van der Waals surface area contributed by atoms with Crippen molar-refractivity contribution in [2.45, 2.75) is 35.1 Å². The molecule has 3 aromatic carbocycles. The first-order valence-corrected chi connectivity index (χ1v) is 14.0. The number of hydrogen-bond acceptors (Lipinski definition) is 6. The van der Waals surface area contributed by atoms with Crippen LogP contribution in [0.4, 0.5) is 8.78 Å². The van der Waals surface area contributed by atoms with Gasteiger partial charge < -0.3 is 9.47 Å². The molecule has 7 nitrogen and oxygen atoms in total. The van der Waals surface area contributed by atoms with E-state index in [2.05, 4.69) is 4.98 Å². The second-order valence-corrected chi connectivity index (χ2v) is 11.5. The Balaban J connectivity index is 1.77. The van der Waals surface area contributed by atoms with Crippen molar-refractivity contribution in [3.05, 3.63) is 95.3 Å². The van der Waals surface area contributed by atoms with Crippen molar-refractivity contribution in [1.82, 2.24) is 9.55 Å². The Bertz CT molecular complexity index is 1570. The first-order chi connectivity index (χ1) is 18.0. The normalized spacial score (nSPS) is 12.0. The van der Waals surface area contributed by atoms with E-state index in [1.54, 1.807) is 32.5 Å². The molecule has 11 heteroatoms. The third-order valence-corrected chi connectivity index (χ3v) is 8.18. The van der Waals surface area contributed by atoms with E-state index in [4.69, 9.17) is 14.6 Å². The van der Waals surface area contributed by atoms with Gasteiger partial charge in [-0.05, 0) is 59.7 Å². The molecule has 4 aromatic rings. The van der Waals surface area contributed by atoms with Gasteiger partial charge in [0.2, 0.25) is 10.0 Å². The summed E-state index contributed by atoms with van der Waals surface area (Å²) in [6, 6.07) is 15.5. The van der Waals surface area contributed by atoms with Gasteiger partial charge in [0, 0.05) is 16.9 Å². The topological polar surface area (TPSA) is 96.4 Å². The van der Waals surface area contributed by atoms with Crippen molar-refractivity contribution in [1.29, 1.82) is 0 Å². The Labute approximate surface area is 224 Å². The van der Waals surface area contributed by atoms with Crippen LogP contribution in [-0.2, 0) is 21.2 Å². The summed E-state index contributed by atoms with van der Waals surface area (Å²) < 4.78 is 64.1. The van der Waals surface area contributed by atoms with Crippen molar-refractivity contribution in [3.8, 4) is 17.2 Å². The highest BCUT2D eigenvalue weighted by atomic mass is 32.2. The first-order valence-electron chi connectivity index (χ1n) is 11.5. The largest absolute Gasteiger partial charge is 0.493 e. The number of aromatic nitrogens is 2. The molecule has 0 saturated heterocycles. The minimum Gasteiger partial charge on any atom is -0.493 e. The highest BCUT2D eigenvalue weighted by Gasteiger charge is 2.30. The molecule has 1 heterocycles. The predicted octanol–water partition coefficient (Wildman–Crippen LogP) is 5.43. The van der Waals surface area contributed by atoms with Gasteiger partial charge in [-0.2, -0.15) is 0 Å². The number of imidazole rings is 1. The molecule has 200 valence electrons. The number of nitrogens with two attached hydrogens (primary N) is 1. The molecule has 0 aliphatic carbocycles. The molecule has 0 fully saturated rings. The van der Waals surface area contributed by atoms with Crippen molar-refractivity contribution in [3.63, 3.8) is 0 Å². The zero-order chi connectivity index (χ0) is 27.7. The number of ether oxygens (including phenoxy) is 2. The molecule has 1 aromatic heterocycles. The van der Waals surface area contributed by atoms with E-state index in [9.17, 15) is 17.2 Å². The zero-order valence-electron chi connectivity index (χ0n) is 21.2. The van der Waals surface area contributed by atoms with Gasteiger partial charge in [0.05, 0.1) is 26.1 Å². The number of sulfonamides is 1. The molecule has 0 unspecified atom stereocenters. The molecule has 38 heavy (non-hydrogen) atoms. The van der Waals surface area contributed by atoms with E-state index in [1.807, 2.05) is 36.6 Å². The van der Waals surface area contributed by atoms with Gasteiger partial charge in [0.25, 0.3) is 0 Å². The molecule has 0 bridgehead atoms. The van der Waals surface area contributed by atoms with Crippen molar-refractivity contribution in [2.24, 2.45) is 5.14 Å². The predicted molar refractivity (Wildman–Crippen MR) is 143 cm³/mol. The average Bonchev–Trinajstić information content (AvgIpc) is 3.32. The van der Waals surface area contributed by atoms with Crippen LogP contribution < -0.4 is 14.6 Å². The summed E-state index contributed by atoms with van der Waals surface area (Å²) in [5, 5.41) is 5.74. The van der Waals surface area contributed by atoms with Crippen LogP contribution in [-0.4, -0.2) is 32.2 Å². The summed E-state index contributed by atoms with van der Waals surface area (Å²) in [5.41, 5.74) is 2.43. The van der Waals surface area contributed by atoms with E-state index in [1.165, 1.54) is 36.0 Å². The minimum atomic E-state index is -4.21. The molecular weight excluding hydrogens is 532 g/mol. The lowest BCUT2D eigenvalue weighted by Crippen LogP contribution is -2.23. The summed E-state index contributed by atoms with van der Waals surface area (Å²) >= 11 is 1.33. The van der Waals surface area contributed by atoms with E-state index in [-0.39, 0.29) is 11.6 Å². The van der Waals surface area contributed by atoms with E-state index in [0.717, 1.165) is 17.3 Å². The molecule has 0 amide bonds. The van der Waals surface area contributed by atoms with Crippen molar-refractivity contribution in [2.75, 3.05) is 14.2 Å². The van der Waals surface area contributed by atoms with Gasteiger partial charge in [-0.1, -0.05) is 37.7 Å². The molecule has 0 atom stereocenters. The Kier molecular flexibility index (Phi) is 7.82. The molecule has 0 aliphatic heterocycles. The Morgan fingerprint density at radius 2 is 1.66 bits per heavy atom. The fourth-order valence-electron chi connectivity index (χ4n) is 4.09. The van der Waals surface area contributed by atoms with Crippen LogP contribution in [0.5, 0.6) is 11.5 Å². The summed E-state index contributed by atoms with van der Waals surface area (Å²) in [7, 11) is -1.07. The maximum atomic E-state index is 14.0. The highest BCUT2D eigenvalue weighted by Crippen LogP contribution is 2.40. The van der Waals surface area contributed by atoms with Gasteiger partial charge in [0.1, 0.15) is 16.5 Å².